The van der Waals surface area contributed by atoms with Crippen LogP contribution < -0.4 is 0 Å². The number of allylic oxidation sites excluding steroid dienone is 1. The van der Waals surface area contributed by atoms with Gasteiger partial charge in [0.25, 0.3) is 0 Å². The topological polar surface area (TPSA) is 41.6 Å². The highest BCUT2D eigenvalue weighted by Gasteiger charge is 2.39. The van der Waals surface area contributed by atoms with Crippen molar-refractivity contribution in [3.8, 4) is 17.3 Å². The summed E-state index contributed by atoms with van der Waals surface area (Å²) in [5.74, 6) is 0. The van der Waals surface area contributed by atoms with Crippen LogP contribution in [0.1, 0.15) is 16.8 Å². The molecule has 0 bridgehead atoms. The Labute approximate surface area is 166 Å². The summed E-state index contributed by atoms with van der Waals surface area (Å²) in [5.41, 5.74) is 0.527. The summed E-state index contributed by atoms with van der Waals surface area (Å²) >= 11 is 12.3. The summed E-state index contributed by atoms with van der Waals surface area (Å²) in [6.45, 7) is 3.63. The third-order valence-electron chi connectivity index (χ3n) is 3.92. The molecule has 0 saturated heterocycles. The molecule has 0 aliphatic carbocycles. The number of nitrogens with zero attached hydrogens (tertiary/aromatic N) is 3. The maximum atomic E-state index is 13.2. The van der Waals surface area contributed by atoms with Gasteiger partial charge >= 0.3 is 6.18 Å². The Hall–Kier alpha value is -1.67. The zero-order chi connectivity index (χ0) is 20.7. The van der Waals surface area contributed by atoms with Crippen LogP contribution in [0.2, 0.25) is 10.0 Å². The minimum absolute atomic E-state index is 0.0116. The van der Waals surface area contributed by atoms with Gasteiger partial charge in [0.1, 0.15) is 5.69 Å². The van der Waals surface area contributed by atoms with Crippen molar-refractivity contribution in [3.63, 3.8) is 0 Å². The Morgan fingerprint density at radius 1 is 1.33 bits per heavy atom. The molecule has 0 amide bonds. The van der Waals surface area contributed by atoms with Gasteiger partial charge in [0.2, 0.25) is 0 Å². The number of nitriles is 1. The molecule has 0 N–H and O–H groups in total. The highest BCUT2D eigenvalue weighted by Crippen LogP contribution is 2.47. The maximum absolute atomic E-state index is 13.2. The van der Waals surface area contributed by atoms with E-state index >= 15 is 0 Å². The Morgan fingerprint density at radius 3 is 2.37 bits per heavy atom. The average Bonchev–Trinajstić information content (AvgIpc) is 2.79. The van der Waals surface area contributed by atoms with E-state index in [9.17, 15) is 18.4 Å². The summed E-state index contributed by atoms with van der Waals surface area (Å²) in [4.78, 5) is 0. The number of benzene rings is 1. The number of hydrogen-bond donors (Lipinski definition) is 0. The van der Waals surface area contributed by atoms with Crippen molar-refractivity contribution in [2.45, 2.75) is 13.1 Å². The zero-order valence-electron chi connectivity index (χ0n) is 15.1. The normalized spacial score (nSPS) is 13.0. The van der Waals surface area contributed by atoms with Crippen molar-refractivity contribution in [1.29, 1.82) is 5.26 Å². The van der Waals surface area contributed by atoms with Gasteiger partial charge in [0.15, 0.2) is 5.69 Å². The summed E-state index contributed by atoms with van der Waals surface area (Å²) in [5, 5.41) is 13.7. The smallest absolute Gasteiger partial charge is 0.262 e. The SMILES string of the molecule is C=P(C)(C)/C(C#N)=C/c1cc(-c2nn(C)c(C(F)(F)F)c2Cl)c(C)cc1Cl. The fourth-order valence-corrected chi connectivity index (χ4v) is 3.92. The molecule has 0 spiro atoms. The van der Waals surface area contributed by atoms with Gasteiger partial charge in [-0.3, -0.25) is 4.68 Å². The Bertz CT molecular complexity index is 1020. The van der Waals surface area contributed by atoms with Crippen molar-refractivity contribution in [2.75, 3.05) is 13.3 Å². The molecule has 1 heterocycles. The monoisotopic (exact) mass is 433 g/mol. The van der Waals surface area contributed by atoms with E-state index in [1.165, 1.54) is 7.05 Å². The molecule has 0 aliphatic heterocycles. The fourth-order valence-electron chi connectivity index (χ4n) is 2.52. The highest BCUT2D eigenvalue weighted by molar-refractivity contribution is 7.76. The van der Waals surface area contributed by atoms with Gasteiger partial charge in [-0.15, -0.1) is 0 Å². The molecule has 0 aliphatic rings. The van der Waals surface area contributed by atoms with Crippen LogP contribution in [0.3, 0.4) is 0 Å². The van der Waals surface area contributed by atoms with Crippen LogP contribution >= 0.6 is 30.1 Å². The van der Waals surface area contributed by atoms with Crippen molar-refractivity contribution < 1.29 is 13.2 Å². The second kappa shape index (κ2) is 7.39. The number of hydrogen-bond acceptors (Lipinski definition) is 2. The van der Waals surface area contributed by atoms with E-state index in [2.05, 4.69) is 17.5 Å². The van der Waals surface area contributed by atoms with Gasteiger partial charge in [-0.05, 0) is 49.6 Å². The molecular formula is C18H17Cl2F3N3P. The number of alkyl halides is 3. The van der Waals surface area contributed by atoms with E-state index < -0.39 is 23.8 Å². The quantitative estimate of drug-likeness (QED) is 0.421. The van der Waals surface area contributed by atoms with Gasteiger partial charge in [0.05, 0.1) is 16.4 Å². The third kappa shape index (κ3) is 4.43. The second-order valence-electron chi connectivity index (χ2n) is 6.65. The Morgan fingerprint density at radius 2 is 1.93 bits per heavy atom. The standard InChI is InChI=1S/C18H17Cl2F3N3P/c1-10-6-14(19)11(7-12(9-24)27(3,4)5)8-13(10)16-15(20)17(18(21,22)23)26(2)25-16/h6-8H,3H2,1-2,4-5H3/b12-7+. The lowest BCUT2D eigenvalue weighted by Crippen LogP contribution is -2.12. The van der Waals surface area contributed by atoms with Crippen LogP contribution in [0.25, 0.3) is 17.3 Å². The van der Waals surface area contributed by atoms with Gasteiger partial charge in [-0.2, -0.15) is 23.5 Å². The Kier molecular flexibility index (Phi) is 5.92. The number of aromatic nitrogens is 2. The maximum Gasteiger partial charge on any atom is 0.434 e. The van der Waals surface area contributed by atoms with Crippen LogP contribution in [0, 0.1) is 18.3 Å². The zero-order valence-corrected chi connectivity index (χ0v) is 17.5. The van der Waals surface area contributed by atoms with Crippen LogP contribution in [0.15, 0.2) is 17.4 Å². The molecule has 3 nitrogen and oxygen atoms in total. The molecule has 0 saturated carbocycles. The summed E-state index contributed by atoms with van der Waals surface area (Å²) in [6, 6.07) is 5.34. The van der Waals surface area contributed by atoms with Crippen molar-refractivity contribution in [2.24, 2.45) is 7.05 Å². The molecule has 27 heavy (non-hydrogen) atoms. The van der Waals surface area contributed by atoms with Crippen molar-refractivity contribution in [1.82, 2.24) is 9.78 Å². The van der Waals surface area contributed by atoms with Gasteiger partial charge in [-0.1, -0.05) is 36.4 Å². The van der Waals surface area contributed by atoms with E-state index in [4.69, 9.17) is 23.2 Å². The van der Waals surface area contributed by atoms with Crippen molar-refractivity contribution in [3.05, 3.63) is 44.3 Å². The van der Waals surface area contributed by atoms with E-state index in [0.29, 0.717) is 31.7 Å². The van der Waals surface area contributed by atoms with Gasteiger partial charge in [0, 0.05) is 17.6 Å². The molecule has 144 valence electrons. The molecule has 0 radical (unpaired) electrons. The molecule has 2 aromatic rings. The molecule has 0 unspecified atom stereocenters. The summed E-state index contributed by atoms with van der Waals surface area (Å²) < 4.78 is 40.4. The van der Waals surface area contributed by atoms with E-state index in [1.807, 2.05) is 13.3 Å². The first-order chi connectivity index (χ1) is 12.3. The molecule has 1 aromatic carbocycles. The van der Waals surface area contributed by atoms with E-state index in [0.717, 1.165) is 0 Å². The molecular weight excluding hydrogens is 417 g/mol. The first-order valence-electron chi connectivity index (χ1n) is 7.68. The van der Waals surface area contributed by atoms with Crippen LogP contribution in [-0.2, 0) is 13.2 Å². The predicted molar refractivity (Wildman–Crippen MR) is 108 cm³/mol. The fraction of sp³-hybridized carbons (Fsp3) is 0.278. The Balaban J connectivity index is 2.74. The van der Waals surface area contributed by atoms with Crippen LogP contribution in [0.5, 0.6) is 0 Å². The third-order valence-corrected chi connectivity index (χ3v) is 6.13. The van der Waals surface area contributed by atoms with E-state index in [1.54, 1.807) is 25.1 Å². The molecule has 9 heteroatoms. The minimum atomic E-state index is -4.63. The number of halogens is 5. The first kappa shape index (κ1) is 21.6. The van der Waals surface area contributed by atoms with Gasteiger partial charge < -0.3 is 0 Å². The first-order valence-corrected chi connectivity index (χ1v) is 11.3. The highest BCUT2D eigenvalue weighted by atomic mass is 35.5. The van der Waals surface area contributed by atoms with Crippen LogP contribution in [0.4, 0.5) is 13.2 Å². The predicted octanol–water partition coefficient (Wildman–Crippen LogP) is 6.29. The number of rotatable bonds is 3. The van der Waals surface area contributed by atoms with Crippen molar-refractivity contribution >= 4 is 42.5 Å². The van der Waals surface area contributed by atoms with Crippen LogP contribution in [-0.4, -0.2) is 29.4 Å². The minimum Gasteiger partial charge on any atom is -0.262 e. The molecule has 1 aromatic heterocycles. The van der Waals surface area contributed by atoms with E-state index in [-0.39, 0.29) is 5.69 Å². The lowest BCUT2D eigenvalue weighted by Gasteiger charge is -2.13. The molecule has 0 fully saturated rings. The summed E-state index contributed by atoms with van der Waals surface area (Å²) in [6.07, 6.45) is 1.03. The lowest BCUT2D eigenvalue weighted by molar-refractivity contribution is -0.143. The molecule has 0 atom stereocenters. The lowest BCUT2D eigenvalue weighted by atomic mass is 10.0. The molecule has 2 rings (SSSR count). The van der Waals surface area contributed by atoms with Gasteiger partial charge in [-0.25, -0.2) is 0 Å². The second-order valence-corrected chi connectivity index (χ2v) is 11.3. The number of aryl methyl sites for hydroxylation is 2. The average molecular weight is 434 g/mol. The summed E-state index contributed by atoms with van der Waals surface area (Å²) in [7, 11) is 1.19. The largest absolute Gasteiger partial charge is 0.434 e.